The molecule has 1 aromatic carbocycles. The van der Waals surface area contributed by atoms with Crippen LogP contribution in [0.1, 0.15) is 6.42 Å². The second-order valence-electron chi connectivity index (χ2n) is 3.79. The molecule has 1 aromatic rings. The SMILES string of the molecule is CNCCCN1C=Nc2ccccc2S1(=O)=O. The lowest BCUT2D eigenvalue weighted by Gasteiger charge is -2.23. The Kier molecular flexibility index (Phi) is 3.44. The van der Waals surface area contributed by atoms with Gasteiger partial charge in [0.2, 0.25) is 0 Å². The van der Waals surface area contributed by atoms with Crippen LogP contribution in [-0.2, 0) is 10.0 Å². The Morgan fingerprint density at radius 3 is 2.88 bits per heavy atom. The van der Waals surface area contributed by atoms with Gasteiger partial charge in [0.15, 0.2) is 0 Å². The number of fused-ring (bicyclic) bond motifs is 1. The summed E-state index contributed by atoms with van der Waals surface area (Å²) in [4.78, 5) is 4.43. The molecule has 1 aliphatic rings. The van der Waals surface area contributed by atoms with Crippen LogP contribution in [0.15, 0.2) is 34.2 Å². The topological polar surface area (TPSA) is 61.8 Å². The first-order valence-corrected chi connectivity index (χ1v) is 6.90. The van der Waals surface area contributed by atoms with Gasteiger partial charge in [-0.2, -0.15) is 0 Å². The number of rotatable bonds is 4. The molecule has 2 rings (SSSR count). The molecular weight excluding hydrogens is 238 g/mol. The lowest BCUT2D eigenvalue weighted by Crippen LogP contribution is -2.33. The van der Waals surface area contributed by atoms with Crippen LogP contribution in [0.3, 0.4) is 0 Å². The molecule has 0 unspecified atom stereocenters. The predicted molar refractivity (Wildman–Crippen MR) is 67.0 cm³/mol. The third-order valence-corrected chi connectivity index (χ3v) is 4.38. The van der Waals surface area contributed by atoms with E-state index in [1.807, 2.05) is 7.05 Å². The fraction of sp³-hybridized carbons (Fsp3) is 0.364. The maximum atomic E-state index is 12.2. The van der Waals surface area contributed by atoms with Gasteiger partial charge < -0.3 is 5.32 Å². The number of sulfonamides is 1. The Morgan fingerprint density at radius 2 is 2.12 bits per heavy atom. The first-order chi connectivity index (χ1) is 8.16. The summed E-state index contributed by atoms with van der Waals surface area (Å²) in [6.45, 7) is 1.22. The minimum absolute atomic E-state index is 0.284. The second kappa shape index (κ2) is 4.85. The normalized spacial score (nSPS) is 16.9. The first kappa shape index (κ1) is 12.1. The predicted octanol–water partition coefficient (Wildman–Crippen LogP) is 0.960. The molecule has 92 valence electrons. The van der Waals surface area contributed by atoms with Crippen molar-refractivity contribution in [2.45, 2.75) is 11.3 Å². The molecule has 0 fully saturated rings. The van der Waals surface area contributed by atoms with Crippen LogP contribution in [0, 0.1) is 0 Å². The van der Waals surface area contributed by atoms with E-state index in [-0.39, 0.29) is 4.90 Å². The summed E-state index contributed by atoms with van der Waals surface area (Å²) >= 11 is 0. The molecular formula is C11H15N3O2S. The quantitative estimate of drug-likeness (QED) is 0.813. The van der Waals surface area contributed by atoms with Crippen molar-refractivity contribution in [2.75, 3.05) is 20.1 Å². The van der Waals surface area contributed by atoms with Crippen LogP contribution in [0.2, 0.25) is 0 Å². The molecule has 0 spiro atoms. The van der Waals surface area contributed by atoms with Crippen molar-refractivity contribution in [1.82, 2.24) is 9.62 Å². The fourth-order valence-corrected chi connectivity index (χ4v) is 3.12. The fourth-order valence-electron chi connectivity index (χ4n) is 1.69. The van der Waals surface area contributed by atoms with Gasteiger partial charge in [-0.25, -0.2) is 13.4 Å². The molecule has 0 aromatic heterocycles. The number of aliphatic imine (C=N–C) groups is 1. The third kappa shape index (κ3) is 2.32. The molecule has 17 heavy (non-hydrogen) atoms. The van der Waals surface area contributed by atoms with Gasteiger partial charge in [0.25, 0.3) is 10.0 Å². The molecule has 0 saturated heterocycles. The van der Waals surface area contributed by atoms with Gasteiger partial charge in [-0.3, -0.25) is 4.31 Å². The Bertz CT molecular complexity index is 525. The van der Waals surface area contributed by atoms with Gasteiger partial charge in [0.1, 0.15) is 11.2 Å². The summed E-state index contributed by atoms with van der Waals surface area (Å²) < 4.78 is 25.7. The monoisotopic (exact) mass is 253 g/mol. The first-order valence-electron chi connectivity index (χ1n) is 5.46. The zero-order chi connectivity index (χ0) is 12.3. The summed E-state index contributed by atoms with van der Waals surface area (Å²) in [5.74, 6) is 0. The van der Waals surface area contributed by atoms with Crippen molar-refractivity contribution in [3.63, 3.8) is 0 Å². The van der Waals surface area contributed by atoms with E-state index in [9.17, 15) is 8.42 Å². The minimum Gasteiger partial charge on any atom is -0.320 e. The number of para-hydroxylation sites is 1. The third-order valence-electron chi connectivity index (χ3n) is 2.58. The molecule has 0 aliphatic carbocycles. The smallest absolute Gasteiger partial charge is 0.267 e. The van der Waals surface area contributed by atoms with Gasteiger partial charge in [-0.05, 0) is 32.1 Å². The number of hydrogen-bond donors (Lipinski definition) is 1. The highest BCUT2D eigenvalue weighted by molar-refractivity contribution is 7.89. The van der Waals surface area contributed by atoms with Gasteiger partial charge in [0, 0.05) is 6.54 Å². The van der Waals surface area contributed by atoms with Crippen LogP contribution in [0.4, 0.5) is 5.69 Å². The molecule has 1 aliphatic heterocycles. The van der Waals surface area contributed by atoms with Crippen LogP contribution in [0.5, 0.6) is 0 Å². The van der Waals surface area contributed by atoms with E-state index in [0.717, 1.165) is 13.0 Å². The molecule has 6 heteroatoms. The maximum absolute atomic E-state index is 12.2. The van der Waals surface area contributed by atoms with E-state index in [0.29, 0.717) is 12.2 Å². The Labute approximate surface area is 101 Å². The molecule has 0 radical (unpaired) electrons. The van der Waals surface area contributed by atoms with Gasteiger partial charge in [-0.15, -0.1) is 0 Å². The van der Waals surface area contributed by atoms with Gasteiger partial charge >= 0.3 is 0 Å². The van der Waals surface area contributed by atoms with Crippen molar-refractivity contribution in [1.29, 1.82) is 0 Å². The van der Waals surface area contributed by atoms with Gasteiger partial charge in [0.05, 0.1) is 5.69 Å². The Hall–Kier alpha value is -1.40. The summed E-state index contributed by atoms with van der Waals surface area (Å²) in [7, 11) is -1.57. The van der Waals surface area contributed by atoms with Crippen LogP contribution in [0.25, 0.3) is 0 Å². The van der Waals surface area contributed by atoms with E-state index in [1.165, 1.54) is 10.6 Å². The molecule has 0 bridgehead atoms. The zero-order valence-electron chi connectivity index (χ0n) is 9.63. The van der Waals surface area contributed by atoms with Gasteiger partial charge in [-0.1, -0.05) is 12.1 Å². The Balaban J connectivity index is 2.25. The number of nitrogens with zero attached hydrogens (tertiary/aromatic N) is 2. The summed E-state index contributed by atoms with van der Waals surface area (Å²) in [5.41, 5.74) is 0.511. The van der Waals surface area contributed by atoms with Crippen molar-refractivity contribution in [3.8, 4) is 0 Å². The zero-order valence-corrected chi connectivity index (χ0v) is 10.4. The summed E-state index contributed by atoms with van der Waals surface area (Å²) in [6.07, 6.45) is 2.15. The minimum atomic E-state index is -3.41. The molecule has 1 N–H and O–H groups in total. The average Bonchev–Trinajstić information content (AvgIpc) is 2.32. The molecule has 5 nitrogen and oxygen atoms in total. The van der Waals surface area contributed by atoms with Crippen LogP contribution < -0.4 is 5.32 Å². The lowest BCUT2D eigenvalue weighted by atomic mass is 10.3. The highest BCUT2D eigenvalue weighted by Crippen LogP contribution is 2.29. The van der Waals surface area contributed by atoms with Crippen LogP contribution in [-0.4, -0.2) is 39.2 Å². The van der Waals surface area contributed by atoms with Crippen LogP contribution >= 0.6 is 0 Å². The molecule has 0 saturated carbocycles. The van der Waals surface area contributed by atoms with E-state index in [1.54, 1.807) is 24.3 Å². The van der Waals surface area contributed by atoms with Crippen molar-refractivity contribution < 1.29 is 8.42 Å². The molecule has 0 amide bonds. The Morgan fingerprint density at radius 1 is 1.35 bits per heavy atom. The molecule has 1 heterocycles. The van der Waals surface area contributed by atoms with Crippen molar-refractivity contribution in [3.05, 3.63) is 24.3 Å². The van der Waals surface area contributed by atoms with E-state index < -0.39 is 10.0 Å². The largest absolute Gasteiger partial charge is 0.320 e. The number of hydrogen-bond acceptors (Lipinski definition) is 4. The van der Waals surface area contributed by atoms with Crippen molar-refractivity contribution >= 4 is 22.0 Å². The highest BCUT2D eigenvalue weighted by atomic mass is 32.2. The standard InChI is InChI=1S/C11H15N3O2S/c1-12-7-4-8-14-9-13-10-5-2-3-6-11(10)17(14,15)16/h2-3,5-6,9,12H,4,7-8H2,1H3. The maximum Gasteiger partial charge on any atom is 0.267 e. The van der Waals surface area contributed by atoms with E-state index in [4.69, 9.17) is 0 Å². The number of benzene rings is 1. The number of nitrogens with one attached hydrogen (secondary N) is 1. The van der Waals surface area contributed by atoms with Crippen molar-refractivity contribution in [2.24, 2.45) is 4.99 Å². The summed E-state index contributed by atoms with van der Waals surface area (Å²) in [5, 5.41) is 2.99. The second-order valence-corrected chi connectivity index (χ2v) is 5.64. The average molecular weight is 253 g/mol. The van der Waals surface area contributed by atoms with E-state index in [2.05, 4.69) is 10.3 Å². The lowest BCUT2D eigenvalue weighted by molar-refractivity contribution is 0.511. The van der Waals surface area contributed by atoms with E-state index >= 15 is 0 Å². The molecule has 0 atom stereocenters. The highest BCUT2D eigenvalue weighted by Gasteiger charge is 2.27. The summed E-state index contributed by atoms with van der Waals surface area (Å²) in [6, 6.07) is 6.78.